The maximum Gasteiger partial charge on any atom is 0.189 e. The zero-order chi connectivity index (χ0) is 12.8. The molecule has 2 rings (SSSR count). The second kappa shape index (κ2) is 6.35. The molecule has 0 unspecified atom stereocenters. The highest BCUT2D eigenvalue weighted by molar-refractivity contribution is 5.96. The predicted octanol–water partition coefficient (Wildman–Crippen LogP) is 1.46. The normalized spacial score (nSPS) is 16.6. The lowest BCUT2D eigenvalue weighted by Crippen LogP contribution is -2.24. The molecule has 18 heavy (non-hydrogen) atoms. The summed E-state index contributed by atoms with van der Waals surface area (Å²) in [5.74, 6) is 0.973. The predicted molar refractivity (Wildman–Crippen MR) is 70.4 cm³/mol. The van der Waals surface area contributed by atoms with Crippen LogP contribution < -0.4 is 11.1 Å². The van der Waals surface area contributed by atoms with Crippen molar-refractivity contribution in [2.45, 2.75) is 32.2 Å². The molecule has 5 heteroatoms. The number of hydrogen-bond donors (Lipinski definition) is 3. The summed E-state index contributed by atoms with van der Waals surface area (Å²) in [5.41, 5.74) is 7.10. The van der Waals surface area contributed by atoms with Crippen molar-refractivity contribution < 1.29 is 5.21 Å². The van der Waals surface area contributed by atoms with Crippen LogP contribution in [0.25, 0.3) is 0 Å². The van der Waals surface area contributed by atoms with Gasteiger partial charge in [0.05, 0.1) is 0 Å². The molecule has 4 N–H and O–H groups in total. The van der Waals surface area contributed by atoms with Crippen molar-refractivity contribution in [2.75, 3.05) is 6.54 Å². The summed E-state index contributed by atoms with van der Waals surface area (Å²) in [6.07, 6.45) is 7.03. The molecular formula is C13H20N4O. The molecule has 0 radical (unpaired) electrons. The maximum atomic E-state index is 8.70. The van der Waals surface area contributed by atoms with Gasteiger partial charge in [-0.05, 0) is 30.5 Å². The van der Waals surface area contributed by atoms with Gasteiger partial charge in [-0.3, -0.25) is 4.98 Å². The second-order valence-corrected chi connectivity index (χ2v) is 4.76. The van der Waals surface area contributed by atoms with Crippen LogP contribution in [0.15, 0.2) is 23.5 Å². The van der Waals surface area contributed by atoms with Gasteiger partial charge in [0.1, 0.15) is 5.69 Å². The van der Waals surface area contributed by atoms with Gasteiger partial charge in [-0.1, -0.05) is 30.5 Å². The van der Waals surface area contributed by atoms with Crippen LogP contribution in [0.2, 0.25) is 0 Å². The molecule has 5 nitrogen and oxygen atoms in total. The first kappa shape index (κ1) is 12.8. The number of oxime groups is 1. The van der Waals surface area contributed by atoms with Crippen molar-refractivity contribution in [3.63, 3.8) is 0 Å². The Hall–Kier alpha value is -1.62. The Morgan fingerprint density at radius 1 is 1.56 bits per heavy atom. The van der Waals surface area contributed by atoms with Gasteiger partial charge in [0.15, 0.2) is 5.84 Å². The zero-order valence-electron chi connectivity index (χ0n) is 10.5. The third-order valence-electron chi connectivity index (χ3n) is 3.51. The fourth-order valence-corrected chi connectivity index (χ4v) is 2.17. The van der Waals surface area contributed by atoms with E-state index in [1.807, 2.05) is 12.1 Å². The van der Waals surface area contributed by atoms with E-state index >= 15 is 0 Å². The Kier molecular flexibility index (Phi) is 4.52. The van der Waals surface area contributed by atoms with E-state index in [-0.39, 0.29) is 5.84 Å². The van der Waals surface area contributed by atoms with Gasteiger partial charge >= 0.3 is 0 Å². The Labute approximate surface area is 107 Å². The number of pyridine rings is 1. The van der Waals surface area contributed by atoms with Crippen molar-refractivity contribution >= 4 is 5.84 Å². The summed E-state index contributed by atoms with van der Waals surface area (Å²) in [6, 6.07) is 3.80. The largest absolute Gasteiger partial charge is 0.409 e. The minimum Gasteiger partial charge on any atom is -0.409 e. The van der Waals surface area contributed by atoms with E-state index < -0.39 is 0 Å². The van der Waals surface area contributed by atoms with Crippen LogP contribution in [0.1, 0.15) is 36.9 Å². The van der Waals surface area contributed by atoms with E-state index in [0.717, 1.165) is 18.0 Å². The maximum absolute atomic E-state index is 8.70. The summed E-state index contributed by atoms with van der Waals surface area (Å²) in [6.45, 7) is 1.71. The smallest absolute Gasteiger partial charge is 0.189 e. The number of hydrogen-bond acceptors (Lipinski definition) is 4. The molecule has 1 heterocycles. The van der Waals surface area contributed by atoms with Crippen molar-refractivity contribution in [1.29, 1.82) is 0 Å². The van der Waals surface area contributed by atoms with Crippen LogP contribution in [0, 0.1) is 5.92 Å². The summed E-state index contributed by atoms with van der Waals surface area (Å²) >= 11 is 0. The van der Waals surface area contributed by atoms with Gasteiger partial charge in [-0.15, -0.1) is 0 Å². The standard InChI is InChI=1S/C13H20N4O/c14-13(17-18)12-11(5-2-7-16-12)9-15-8-6-10-3-1-4-10/h2,5,7,10,15,18H,1,3-4,6,8-9H2,(H2,14,17). The highest BCUT2D eigenvalue weighted by atomic mass is 16.4. The summed E-state index contributed by atoms with van der Waals surface area (Å²) in [7, 11) is 0. The molecule has 0 bridgehead atoms. The van der Waals surface area contributed by atoms with Crippen molar-refractivity contribution in [1.82, 2.24) is 10.3 Å². The van der Waals surface area contributed by atoms with Gasteiger partial charge < -0.3 is 16.3 Å². The van der Waals surface area contributed by atoms with Gasteiger partial charge in [-0.2, -0.15) is 0 Å². The number of nitrogens with two attached hydrogens (primary N) is 1. The Bertz CT molecular complexity index is 415. The average molecular weight is 248 g/mol. The van der Waals surface area contributed by atoms with Gasteiger partial charge in [0.25, 0.3) is 0 Å². The topological polar surface area (TPSA) is 83.5 Å². The number of amidine groups is 1. The van der Waals surface area contributed by atoms with E-state index in [1.165, 1.54) is 25.7 Å². The molecule has 0 aliphatic heterocycles. The number of rotatable bonds is 6. The van der Waals surface area contributed by atoms with Crippen LogP contribution in [0.4, 0.5) is 0 Å². The third-order valence-corrected chi connectivity index (χ3v) is 3.51. The number of nitrogens with one attached hydrogen (secondary N) is 1. The van der Waals surface area contributed by atoms with Crippen LogP contribution in [0.3, 0.4) is 0 Å². The quantitative estimate of drug-likeness (QED) is 0.234. The molecule has 0 amide bonds. The SMILES string of the molecule is N/C(=N/O)c1ncccc1CNCCC1CCC1. The van der Waals surface area contributed by atoms with Crippen LogP contribution >= 0.6 is 0 Å². The summed E-state index contributed by atoms with van der Waals surface area (Å²) < 4.78 is 0. The minimum absolute atomic E-state index is 0.0615. The van der Waals surface area contributed by atoms with E-state index in [2.05, 4.69) is 15.5 Å². The number of aromatic nitrogens is 1. The van der Waals surface area contributed by atoms with Crippen LogP contribution in [0.5, 0.6) is 0 Å². The van der Waals surface area contributed by atoms with Gasteiger partial charge in [-0.25, -0.2) is 0 Å². The number of nitrogens with zero attached hydrogens (tertiary/aromatic N) is 2. The molecule has 1 saturated carbocycles. The summed E-state index contributed by atoms with van der Waals surface area (Å²) in [4.78, 5) is 4.13. The molecule has 1 fully saturated rings. The lowest BCUT2D eigenvalue weighted by Gasteiger charge is -2.25. The molecule has 98 valence electrons. The van der Waals surface area contributed by atoms with Crippen molar-refractivity contribution in [3.8, 4) is 0 Å². The molecule has 0 saturated heterocycles. The van der Waals surface area contributed by atoms with E-state index in [0.29, 0.717) is 12.2 Å². The van der Waals surface area contributed by atoms with Crippen LogP contribution in [-0.2, 0) is 6.54 Å². The molecule has 0 spiro atoms. The fraction of sp³-hybridized carbons (Fsp3) is 0.538. The van der Waals surface area contributed by atoms with Crippen molar-refractivity contribution in [2.24, 2.45) is 16.8 Å². The molecule has 0 atom stereocenters. The Balaban J connectivity index is 1.84. The first-order valence-electron chi connectivity index (χ1n) is 6.43. The monoisotopic (exact) mass is 248 g/mol. The fourth-order valence-electron chi connectivity index (χ4n) is 2.17. The molecule has 1 aliphatic rings. The average Bonchev–Trinajstić information content (AvgIpc) is 2.36. The minimum atomic E-state index is 0.0615. The first-order chi connectivity index (χ1) is 8.81. The zero-order valence-corrected chi connectivity index (χ0v) is 10.5. The lowest BCUT2D eigenvalue weighted by molar-refractivity contribution is 0.292. The molecule has 0 aromatic carbocycles. The third kappa shape index (κ3) is 3.20. The van der Waals surface area contributed by atoms with Crippen molar-refractivity contribution in [3.05, 3.63) is 29.6 Å². The Morgan fingerprint density at radius 2 is 2.39 bits per heavy atom. The molecular weight excluding hydrogens is 228 g/mol. The van der Waals surface area contributed by atoms with E-state index in [1.54, 1.807) is 6.20 Å². The van der Waals surface area contributed by atoms with E-state index in [9.17, 15) is 0 Å². The first-order valence-corrected chi connectivity index (χ1v) is 6.43. The lowest BCUT2D eigenvalue weighted by atomic mass is 9.83. The van der Waals surface area contributed by atoms with Crippen LogP contribution in [-0.4, -0.2) is 22.6 Å². The van der Waals surface area contributed by atoms with Gasteiger partial charge in [0, 0.05) is 12.7 Å². The molecule has 1 aliphatic carbocycles. The highest BCUT2D eigenvalue weighted by Gasteiger charge is 2.16. The summed E-state index contributed by atoms with van der Waals surface area (Å²) in [5, 5.41) is 15.1. The van der Waals surface area contributed by atoms with Gasteiger partial charge in [0.2, 0.25) is 0 Å². The highest BCUT2D eigenvalue weighted by Crippen LogP contribution is 2.28. The molecule has 1 aromatic heterocycles. The molecule has 1 aromatic rings. The van der Waals surface area contributed by atoms with E-state index in [4.69, 9.17) is 10.9 Å². The second-order valence-electron chi connectivity index (χ2n) is 4.76. The Morgan fingerprint density at radius 3 is 3.06 bits per heavy atom.